The smallest absolute Gasteiger partial charge is 0.176 e. The summed E-state index contributed by atoms with van der Waals surface area (Å²) < 4.78 is 5.46. The maximum absolute atomic E-state index is 12.5. The van der Waals surface area contributed by atoms with Gasteiger partial charge in [-0.15, -0.1) is 0 Å². The van der Waals surface area contributed by atoms with Crippen molar-refractivity contribution >= 4 is 18.1 Å². The lowest BCUT2D eigenvalue weighted by Crippen LogP contribution is -2.32. The predicted molar refractivity (Wildman–Crippen MR) is 135 cm³/mol. The van der Waals surface area contributed by atoms with E-state index in [0.717, 1.165) is 34.0 Å². The molecule has 7 heteroatoms. The zero-order valence-corrected chi connectivity index (χ0v) is 19.7. The van der Waals surface area contributed by atoms with Crippen molar-refractivity contribution in [1.82, 2.24) is 10.1 Å². The van der Waals surface area contributed by atoms with Crippen LogP contribution in [0.15, 0.2) is 70.0 Å². The lowest BCUT2D eigenvalue weighted by atomic mass is 9.83. The van der Waals surface area contributed by atoms with E-state index in [2.05, 4.69) is 38.6 Å². The topological polar surface area (TPSA) is 95.6 Å². The average Bonchev–Trinajstić information content (AvgIpc) is 3.53. The quantitative estimate of drug-likeness (QED) is 0.329. The van der Waals surface area contributed by atoms with Gasteiger partial charge in [0.2, 0.25) is 0 Å². The molecular weight excluding hydrogens is 426 g/mol. The summed E-state index contributed by atoms with van der Waals surface area (Å²) in [5, 5.41) is 23.9. The van der Waals surface area contributed by atoms with Crippen LogP contribution in [0.5, 0.6) is 0 Å². The van der Waals surface area contributed by atoms with Gasteiger partial charge in [0.25, 0.3) is 0 Å². The third-order valence-electron chi connectivity index (χ3n) is 6.58. The number of benzene rings is 1. The van der Waals surface area contributed by atoms with Gasteiger partial charge in [0.05, 0.1) is 34.6 Å². The molecule has 2 atom stereocenters. The molecule has 0 saturated heterocycles. The van der Waals surface area contributed by atoms with Crippen LogP contribution in [0, 0.1) is 19.8 Å². The number of pyridine rings is 1. The predicted octanol–water partition coefficient (Wildman–Crippen LogP) is 5.32. The summed E-state index contributed by atoms with van der Waals surface area (Å²) in [6, 6.07) is 9.58. The number of rotatable bonds is 7. The number of hydrogen-bond acceptors (Lipinski definition) is 7. The van der Waals surface area contributed by atoms with Crippen LogP contribution >= 0.6 is 0 Å². The maximum Gasteiger partial charge on any atom is 0.176 e. The van der Waals surface area contributed by atoms with Crippen LogP contribution in [0.4, 0.5) is 11.4 Å². The van der Waals surface area contributed by atoms with Crippen molar-refractivity contribution in [3.05, 3.63) is 83.2 Å². The van der Waals surface area contributed by atoms with Crippen LogP contribution in [-0.4, -0.2) is 28.1 Å². The molecule has 2 aromatic heterocycles. The van der Waals surface area contributed by atoms with Gasteiger partial charge < -0.3 is 20.3 Å². The number of nitrogens with one attached hydrogen (secondary N) is 2. The van der Waals surface area contributed by atoms with Gasteiger partial charge in [0.1, 0.15) is 5.76 Å². The Bertz CT molecular complexity index is 1270. The molecule has 1 saturated carbocycles. The lowest BCUT2D eigenvalue weighted by molar-refractivity contribution is 0.116. The number of aryl methyl sites for hydroxylation is 2. The van der Waals surface area contributed by atoms with E-state index in [1.807, 2.05) is 57.2 Å². The zero-order chi connectivity index (χ0) is 23.9. The van der Waals surface area contributed by atoms with E-state index in [1.54, 1.807) is 12.3 Å². The van der Waals surface area contributed by atoms with Crippen molar-refractivity contribution in [2.75, 3.05) is 10.6 Å². The Kier molecular flexibility index (Phi) is 5.57. The molecule has 0 radical (unpaired) electrons. The second-order valence-electron chi connectivity index (χ2n) is 8.91. The van der Waals surface area contributed by atoms with Gasteiger partial charge in [-0.1, -0.05) is 23.4 Å². The molecule has 1 fully saturated rings. The van der Waals surface area contributed by atoms with Gasteiger partial charge in [-0.2, -0.15) is 0 Å². The molecule has 1 aromatic carbocycles. The monoisotopic (exact) mass is 455 g/mol. The van der Waals surface area contributed by atoms with E-state index in [0.29, 0.717) is 22.9 Å². The standard InChI is InChI=1S/C27H29N5O2/c1-5-6-9-22(28-4)27(33,23-10-7-8-13-29-23)20-14-19(24-16(2)32-34-17(24)3)15-21-25(20)31-26(30-21)18-11-12-18/h5-10,13-15,18,26,30-31,33H,4,11-12H2,1-3H3. The zero-order valence-electron chi connectivity index (χ0n) is 19.7. The Balaban J connectivity index is 1.80. The highest BCUT2D eigenvalue weighted by Gasteiger charge is 2.44. The van der Waals surface area contributed by atoms with Crippen molar-refractivity contribution in [3.63, 3.8) is 0 Å². The fourth-order valence-electron chi connectivity index (χ4n) is 4.72. The maximum atomic E-state index is 12.5. The summed E-state index contributed by atoms with van der Waals surface area (Å²) in [7, 11) is 0. The number of fused-ring (bicyclic) bond motifs is 1. The fourth-order valence-corrected chi connectivity index (χ4v) is 4.72. The van der Waals surface area contributed by atoms with E-state index >= 15 is 0 Å². The molecule has 2 unspecified atom stereocenters. The van der Waals surface area contributed by atoms with Crippen molar-refractivity contribution in [2.24, 2.45) is 10.9 Å². The Morgan fingerprint density at radius 3 is 2.71 bits per heavy atom. The van der Waals surface area contributed by atoms with Gasteiger partial charge in [-0.25, -0.2) is 0 Å². The minimum absolute atomic E-state index is 0.112. The number of aliphatic imine (C=N–C) groups is 1. The first-order valence-corrected chi connectivity index (χ1v) is 11.6. The first-order valence-electron chi connectivity index (χ1n) is 11.6. The Morgan fingerprint density at radius 1 is 1.26 bits per heavy atom. The van der Waals surface area contributed by atoms with E-state index in [4.69, 9.17) is 4.52 Å². The van der Waals surface area contributed by atoms with Crippen LogP contribution in [-0.2, 0) is 5.60 Å². The number of hydrogen-bond donors (Lipinski definition) is 3. The summed E-state index contributed by atoms with van der Waals surface area (Å²) >= 11 is 0. The molecule has 3 heterocycles. The summed E-state index contributed by atoms with van der Waals surface area (Å²) in [6.45, 7) is 9.51. The van der Waals surface area contributed by atoms with Crippen molar-refractivity contribution in [2.45, 2.75) is 45.4 Å². The van der Waals surface area contributed by atoms with Crippen molar-refractivity contribution < 1.29 is 9.63 Å². The number of aliphatic hydroxyl groups is 1. The first-order chi connectivity index (χ1) is 16.5. The van der Waals surface area contributed by atoms with Crippen LogP contribution in [0.1, 0.15) is 42.5 Å². The van der Waals surface area contributed by atoms with Gasteiger partial charge in [-0.3, -0.25) is 9.98 Å². The van der Waals surface area contributed by atoms with Crippen LogP contribution in [0.3, 0.4) is 0 Å². The Hall–Kier alpha value is -3.71. The van der Waals surface area contributed by atoms with E-state index in [9.17, 15) is 5.11 Å². The Labute approximate surface area is 199 Å². The SMILES string of the molecule is C=NC(=CC=CC)C(O)(c1ccccn1)c1cc(-c2c(C)noc2C)cc2c1NC(C1CC1)N2. The summed E-state index contributed by atoms with van der Waals surface area (Å²) in [5.41, 5.74) is 4.23. The molecule has 1 aliphatic carbocycles. The van der Waals surface area contributed by atoms with Gasteiger partial charge in [0, 0.05) is 17.3 Å². The van der Waals surface area contributed by atoms with Crippen LogP contribution < -0.4 is 10.6 Å². The molecule has 174 valence electrons. The van der Waals surface area contributed by atoms with E-state index in [-0.39, 0.29) is 6.17 Å². The van der Waals surface area contributed by atoms with E-state index < -0.39 is 5.60 Å². The highest BCUT2D eigenvalue weighted by atomic mass is 16.5. The summed E-state index contributed by atoms with van der Waals surface area (Å²) in [4.78, 5) is 8.80. The van der Waals surface area contributed by atoms with Gasteiger partial charge in [0.15, 0.2) is 5.60 Å². The number of anilines is 2. The minimum atomic E-state index is -1.64. The molecule has 0 spiro atoms. The highest BCUT2D eigenvalue weighted by Crippen LogP contribution is 2.49. The third kappa shape index (κ3) is 3.62. The molecule has 34 heavy (non-hydrogen) atoms. The molecular formula is C27H29N5O2. The normalized spacial score (nSPS) is 19.4. The third-order valence-corrected chi connectivity index (χ3v) is 6.58. The second-order valence-corrected chi connectivity index (χ2v) is 8.91. The molecule has 2 aliphatic rings. The number of aromatic nitrogens is 2. The van der Waals surface area contributed by atoms with Gasteiger partial charge in [-0.05, 0) is 82.2 Å². The lowest BCUT2D eigenvalue weighted by Gasteiger charge is -2.31. The van der Waals surface area contributed by atoms with Crippen molar-refractivity contribution in [1.29, 1.82) is 0 Å². The summed E-state index contributed by atoms with van der Waals surface area (Å²) in [5.74, 6) is 1.28. The molecule has 0 amide bonds. The second kappa shape index (κ2) is 8.57. The van der Waals surface area contributed by atoms with E-state index in [1.165, 1.54) is 12.8 Å². The molecule has 1 aliphatic heterocycles. The van der Waals surface area contributed by atoms with Crippen LogP contribution in [0.2, 0.25) is 0 Å². The highest BCUT2D eigenvalue weighted by molar-refractivity contribution is 5.86. The molecule has 5 rings (SSSR count). The summed E-state index contributed by atoms with van der Waals surface area (Å²) in [6.07, 6.45) is 9.64. The van der Waals surface area contributed by atoms with Gasteiger partial charge >= 0.3 is 0 Å². The first kappa shape index (κ1) is 22.1. The number of nitrogens with zero attached hydrogens (tertiary/aromatic N) is 3. The Morgan fingerprint density at radius 2 is 2.09 bits per heavy atom. The fraction of sp³-hybridized carbons (Fsp3) is 0.296. The molecule has 3 N–H and O–H groups in total. The molecule has 0 bridgehead atoms. The number of allylic oxidation sites excluding steroid dienone is 3. The minimum Gasteiger partial charge on any atom is -0.373 e. The molecule has 3 aromatic rings. The van der Waals surface area contributed by atoms with Crippen molar-refractivity contribution in [3.8, 4) is 11.1 Å². The average molecular weight is 456 g/mol. The largest absolute Gasteiger partial charge is 0.373 e. The molecule has 7 nitrogen and oxygen atoms in total. The van der Waals surface area contributed by atoms with Crippen LogP contribution in [0.25, 0.3) is 11.1 Å².